The van der Waals surface area contributed by atoms with Crippen molar-refractivity contribution in [2.24, 2.45) is 0 Å². The lowest BCUT2D eigenvalue weighted by atomic mass is 10.1. The normalized spacial score (nSPS) is 14.3. The number of pyridine rings is 1. The monoisotopic (exact) mass is 650 g/mol. The van der Waals surface area contributed by atoms with Crippen LogP contribution in [0.2, 0.25) is 5.02 Å². The van der Waals surface area contributed by atoms with Crippen LogP contribution in [0.5, 0.6) is 5.75 Å². The third-order valence-corrected chi connectivity index (χ3v) is 6.61. The van der Waals surface area contributed by atoms with Crippen molar-refractivity contribution in [2.45, 2.75) is 38.5 Å². The Labute approximate surface area is 248 Å². The number of alkyl halides is 6. The molecule has 236 valence electrons. The van der Waals surface area contributed by atoms with E-state index < -0.39 is 59.2 Å². The van der Waals surface area contributed by atoms with Gasteiger partial charge in [0.25, 0.3) is 11.5 Å². The Morgan fingerprint density at radius 3 is 1.95 bits per heavy atom. The number of hydrogen-bond acceptors (Lipinski definition) is 5. The first-order valence-corrected chi connectivity index (χ1v) is 12.8. The van der Waals surface area contributed by atoms with Crippen LogP contribution in [-0.2, 0) is 41.9 Å². The molecule has 1 aliphatic rings. The standard InChI is InChI=1S/C25H21ClF3N3O5.C2HF3O2/c26-17-7-3-14(4-8-17)10-31-12-18-19(13-31)32(11-15-1-5-16(6-2-15)25(27,28)29)24(37)21(22(18)35)23(36)30-9-20(33)34;3-2(4,5)1(6)7/h1-8,35H,9-13H2,(H,30,36)(H,33,34);(H,6,7)/p+1. The maximum atomic E-state index is 13.4. The summed E-state index contributed by atoms with van der Waals surface area (Å²) in [6.45, 7) is 0.170. The van der Waals surface area contributed by atoms with Gasteiger partial charge in [0.2, 0.25) is 0 Å². The minimum Gasteiger partial charge on any atom is -0.506 e. The second-order valence-electron chi connectivity index (χ2n) is 9.52. The minimum atomic E-state index is -5.08. The van der Waals surface area contributed by atoms with Gasteiger partial charge in [-0.1, -0.05) is 35.9 Å². The molecule has 2 heterocycles. The van der Waals surface area contributed by atoms with E-state index in [0.717, 1.165) is 22.6 Å². The molecular weight excluding hydrogens is 628 g/mol. The first kappa shape index (κ1) is 33.9. The quantitative estimate of drug-likeness (QED) is 0.247. The molecule has 1 aromatic heterocycles. The van der Waals surface area contributed by atoms with Gasteiger partial charge in [0.15, 0.2) is 0 Å². The summed E-state index contributed by atoms with van der Waals surface area (Å²) < 4.78 is 71.9. The van der Waals surface area contributed by atoms with E-state index in [1.54, 1.807) is 12.1 Å². The van der Waals surface area contributed by atoms with Crippen LogP contribution in [0.15, 0.2) is 53.3 Å². The summed E-state index contributed by atoms with van der Waals surface area (Å²) in [5.74, 6) is -5.68. The summed E-state index contributed by atoms with van der Waals surface area (Å²) in [5.41, 5.74) is -0.204. The molecule has 1 unspecified atom stereocenters. The van der Waals surface area contributed by atoms with E-state index in [9.17, 15) is 45.8 Å². The van der Waals surface area contributed by atoms with Gasteiger partial charge in [-0.05, 0) is 29.8 Å². The van der Waals surface area contributed by atoms with Crippen molar-refractivity contribution in [3.63, 3.8) is 0 Å². The highest BCUT2D eigenvalue weighted by Crippen LogP contribution is 2.30. The summed E-state index contributed by atoms with van der Waals surface area (Å²) in [6, 6.07) is 11.5. The van der Waals surface area contributed by atoms with Crippen molar-refractivity contribution in [3.8, 4) is 5.75 Å². The van der Waals surface area contributed by atoms with Crippen molar-refractivity contribution in [1.82, 2.24) is 9.88 Å². The molecule has 0 saturated heterocycles. The van der Waals surface area contributed by atoms with Gasteiger partial charge in [0.1, 0.15) is 37.5 Å². The van der Waals surface area contributed by atoms with Crippen LogP contribution < -0.4 is 15.8 Å². The number of amides is 1. The Hall–Kier alpha value is -4.57. The van der Waals surface area contributed by atoms with Gasteiger partial charge in [-0.25, -0.2) is 4.79 Å². The molecule has 4 rings (SSSR count). The number of nitrogens with zero attached hydrogens (tertiary/aromatic N) is 1. The number of aromatic nitrogens is 1. The molecule has 0 bridgehead atoms. The fraction of sp³-hybridized carbons (Fsp3) is 0.259. The summed E-state index contributed by atoms with van der Waals surface area (Å²) in [7, 11) is 0. The van der Waals surface area contributed by atoms with E-state index in [1.807, 2.05) is 12.1 Å². The SMILES string of the molecule is O=C(O)C(F)(F)F.O=C(O)CNC(=O)c1c(O)c2c(n(Cc3ccc(C(F)(F)F)cc3)c1=O)C[NH+](Cc1ccc(Cl)cc1)C2. The number of carboxylic acids is 2. The highest BCUT2D eigenvalue weighted by molar-refractivity contribution is 6.30. The Kier molecular flexibility index (Phi) is 10.3. The molecule has 0 radical (unpaired) electrons. The predicted molar refractivity (Wildman–Crippen MR) is 140 cm³/mol. The molecule has 44 heavy (non-hydrogen) atoms. The van der Waals surface area contributed by atoms with E-state index in [2.05, 4.69) is 5.32 Å². The lowest BCUT2D eigenvalue weighted by molar-refractivity contribution is -0.934. The van der Waals surface area contributed by atoms with E-state index in [0.29, 0.717) is 34.9 Å². The molecular formula is C27H23ClF6N3O7+. The number of hydrogen-bond donors (Lipinski definition) is 5. The topological polar surface area (TPSA) is 150 Å². The molecule has 17 heteroatoms. The van der Waals surface area contributed by atoms with Crippen molar-refractivity contribution in [3.05, 3.63) is 97.4 Å². The lowest BCUT2D eigenvalue weighted by Gasteiger charge is -2.15. The molecule has 0 aliphatic carbocycles. The molecule has 10 nitrogen and oxygen atoms in total. The van der Waals surface area contributed by atoms with E-state index >= 15 is 0 Å². The van der Waals surface area contributed by atoms with Crippen LogP contribution in [0.3, 0.4) is 0 Å². The number of benzene rings is 2. The zero-order chi connectivity index (χ0) is 33.0. The molecule has 0 spiro atoms. The molecule has 0 fully saturated rings. The van der Waals surface area contributed by atoms with Gasteiger partial charge in [-0.2, -0.15) is 26.3 Å². The van der Waals surface area contributed by atoms with Crippen LogP contribution >= 0.6 is 11.6 Å². The van der Waals surface area contributed by atoms with Gasteiger partial charge in [-0.15, -0.1) is 0 Å². The average Bonchev–Trinajstić information content (AvgIpc) is 3.35. The van der Waals surface area contributed by atoms with E-state index in [-0.39, 0.29) is 13.1 Å². The third kappa shape index (κ3) is 8.50. The van der Waals surface area contributed by atoms with Crippen molar-refractivity contribution in [1.29, 1.82) is 0 Å². The molecule has 0 saturated carbocycles. The lowest BCUT2D eigenvalue weighted by Crippen LogP contribution is -3.06. The number of fused-ring (bicyclic) bond motifs is 1. The number of aliphatic carboxylic acids is 2. The Balaban J connectivity index is 0.000000676. The van der Waals surface area contributed by atoms with Crippen molar-refractivity contribution in [2.75, 3.05) is 6.54 Å². The van der Waals surface area contributed by atoms with Crippen LogP contribution in [0.25, 0.3) is 0 Å². The van der Waals surface area contributed by atoms with Crippen LogP contribution in [-0.4, -0.2) is 50.5 Å². The minimum absolute atomic E-state index is 0.146. The number of aromatic hydroxyl groups is 1. The van der Waals surface area contributed by atoms with Gasteiger partial charge in [-0.3, -0.25) is 14.4 Å². The van der Waals surface area contributed by atoms with Crippen molar-refractivity contribution < 1.29 is 60.9 Å². The maximum Gasteiger partial charge on any atom is 0.490 e. The third-order valence-electron chi connectivity index (χ3n) is 6.36. The zero-order valence-corrected chi connectivity index (χ0v) is 23.0. The highest BCUT2D eigenvalue weighted by atomic mass is 35.5. The maximum absolute atomic E-state index is 13.4. The molecule has 5 N–H and O–H groups in total. The Morgan fingerprint density at radius 1 is 0.909 bits per heavy atom. The molecule has 1 amide bonds. The van der Waals surface area contributed by atoms with Gasteiger partial charge < -0.3 is 30.1 Å². The van der Waals surface area contributed by atoms with E-state index in [4.69, 9.17) is 26.6 Å². The fourth-order valence-corrected chi connectivity index (χ4v) is 4.49. The van der Waals surface area contributed by atoms with Gasteiger partial charge in [0.05, 0.1) is 23.4 Å². The zero-order valence-electron chi connectivity index (χ0n) is 22.2. The Bertz CT molecular complexity index is 1610. The fourth-order valence-electron chi connectivity index (χ4n) is 4.36. The van der Waals surface area contributed by atoms with E-state index in [1.165, 1.54) is 16.7 Å². The first-order chi connectivity index (χ1) is 20.4. The number of halogens is 7. The van der Waals surface area contributed by atoms with Crippen molar-refractivity contribution >= 4 is 29.4 Å². The highest BCUT2D eigenvalue weighted by Gasteiger charge is 2.38. The number of quaternary nitrogens is 1. The molecule has 2 aromatic carbocycles. The van der Waals surface area contributed by atoms with Gasteiger partial charge in [0, 0.05) is 10.6 Å². The molecule has 1 aliphatic heterocycles. The summed E-state index contributed by atoms with van der Waals surface area (Å²) in [4.78, 5) is 46.7. The largest absolute Gasteiger partial charge is 0.506 e. The number of carbonyl (C=O) groups is 3. The van der Waals surface area contributed by atoms with Crippen LogP contribution in [0.1, 0.15) is 38.3 Å². The average molecular weight is 651 g/mol. The van der Waals surface area contributed by atoms with Crippen LogP contribution in [0, 0.1) is 0 Å². The molecule has 1 atom stereocenters. The number of nitrogens with one attached hydrogen (secondary N) is 2. The smallest absolute Gasteiger partial charge is 0.490 e. The number of rotatable bonds is 7. The summed E-state index contributed by atoms with van der Waals surface area (Å²) >= 11 is 5.95. The van der Waals surface area contributed by atoms with Gasteiger partial charge >= 0.3 is 24.3 Å². The second kappa shape index (κ2) is 13.4. The van der Waals surface area contributed by atoms with Crippen LogP contribution in [0.4, 0.5) is 26.3 Å². The molecule has 3 aromatic rings. The summed E-state index contributed by atoms with van der Waals surface area (Å²) in [5, 5.41) is 29.5. The first-order valence-electron chi connectivity index (χ1n) is 12.4. The summed E-state index contributed by atoms with van der Waals surface area (Å²) in [6.07, 6.45) is -9.60. The predicted octanol–water partition coefficient (Wildman–Crippen LogP) is 2.82. The number of carbonyl (C=O) groups excluding carboxylic acids is 1. The second-order valence-corrected chi connectivity index (χ2v) is 9.96. The Morgan fingerprint density at radius 2 is 1.45 bits per heavy atom. The number of carboxylic acid groups (broad SMARTS) is 2.